The minimum atomic E-state index is -2.84. The molecule has 0 saturated heterocycles. The number of hydrogen-bond donors (Lipinski definition) is 1. The Bertz CT molecular complexity index is 412. The number of hydrogen-bond acceptors (Lipinski definition) is 3. The normalized spacial score (nSPS) is 10.6. The van der Waals surface area contributed by atoms with Gasteiger partial charge >= 0.3 is 5.97 Å². The van der Waals surface area contributed by atoms with E-state index < -0.39 is 24.4 Å². The summed E-state index contributed by atoms with van der Waals surface area (Å²) in [6.45, 7) is 0. The molecule has 0 aliphatic rings. The second-order valence-corrected chi connectivity index (χ2v) is 3.73. The van der Waals surface area contributed by atoms with Gasteiger partial charge in [0.2, 0.25) is 5.88 Å². The first-order chi connectivity index (χ1) is 7.47. The highest BCUT2D eigenvalue weighted by Crippen LogP contribution is 2.34. The first-order valence-corrected chi connectivity index (χ1v) is 4.97. The molecule has 0 saturated carbocycles. The second-order valence-electron chi connectivity index (χ2n) is 2.88. The summed E-state index contributed by atoms with van der Waals surface area (Å²) >= 11 is 2.99. The minimum absolute atomic E-state index is 0.0191. The largest absolute Gasteiger partial charge is 0.481 e. The van der Waals surface area contributed by atoms with Gasteiger partial charge in [0.05, 0.1) is 19.1 Å². The quantitative estimate of drug-likeness (QED) is 0.927. The topological polar surface area (TPSA) is 59.4 Å². The zero-order chi connectivity index (χ0) is 12.3. The number of rotatable bonds is 4. The monoisotopic (exact) mass is 295 g/mol. The standard InChI is InChI=1S/C9H8BrF2NO3/c1-16-9-7(8(11)12)4(2-6(14)15)5(10)3-13-9/h3,8H,2H2,1H3,(H,14,15). The van der Waals surface area contributed by atoms with Gasteiger partial charge in [0.1, 0.15) is 0 Å². The lowest BCUT2D eigenvalue weighted by Gasteiger charge is -2.12. The molecule has 4 nitrogen and oxygen atoms in total. The molecule has 0 aliphatic carbocycles. The molecular formula is C9H8BrF2NO3. The average molecular weight is 296 g/mol. The van der Waals surface area contributed by atoms with E-state index in [0.717, 1.165) is 0 Å². The van der Waals surface area contributed by atoms with Crippen molar-refractivity contribution < 1.29 is 23.4 Å². The summed E-state index contributed by atoms with van der Waals surface area (Å²) in [6.07, 6.45) is -2.11. The third kappa shape index (κ3) is 2.66. The molecule has 16 heavy (non-hydrogen) atoms. The van der Waals surface area contributed by atoms with E-state index in [9.17, 15) is 13.6 Å². The van der Waals surface area contributed by atoms with Crippen molar-refractivity contribution in [2.24, 2.45) is 0 Å². The Morgan fingerprint density at radius 1 is 1.69 bits per heavy atom. The summed E-state index contributed by atoms with van der Waals surface area (Å²) in [5, 5.41) is 8.63. The lowest BCUT2D eigenvalue weighted by Crippen LogP contribution is -2.08. The van der Waals surface area contributed by atoms with E-state index in [1.54, 1.807) is 0 Å². The Balaban J connectivity index is 3.35. The van der Waals surface area contributed by atoms with Gasteiger partial charge in [0.15, 0.2) is 0 Å². The highest BCUT2D eigenvalue weighted by molar-refractivity contribution is 9.10. The predicted octanol–water partition coefficient (Wildman–Crippen LogP) is 2.42. The van der Waals surface area contributed by atoms with Crippen molar-refractivity contribution in [2.45, 2.75) is 12.8 Å². The van der Waals surface area contributed by atoms with E-state index >= 15 is 0 Å². The second kappa shape index (κ2) is 5.20. The van der Waals surface area contributed by atoms with Gasteiger partial charge in [-0.15, -0.1) is 0 Å². The van der Waals surface area contributed by atoms with Crippen molar-refractivity contribution in [3.63, 3.8) is 0 Å². The van der Waals surface area contributed by atoms with E-state index in [0.29, 0.717) is 0 Å². The Hall–Kier alpha value is -1.24. The molecule has 0 radical (unpaired) electrons. The minimum Gasteiger partial charge on any atom is -0.481 e. The fourth-order valence-electron chi connectivity index (χ4n) is 1.24. The van der Waals surface area contributed by atoms with E-state index in [2.05, 4.69) is 25.7 Å². The number of carboxylic acids is 1. The smallest absolute Gasteiger partial charge is 0.307 e. The van der Waals surface area contributed by atoms with Gasteiger partial charge in [0.25, 0.3) is 6.43 Å². The van der Waals surface area contributed by atoms with E-state index in [4.69, 9.17) is 5.11 Å². The van der Waals surface area contributed by atoms with Crippen molar-refractivity contribution in [1.29, 1.82) is 0 Å². The van der Waals surface area contributed by atoms with Crippen molar-refractivity contribution in [2.75, 3.05) is 7.11 Å². The SMILES string of the molecule is COc1ncc(Br)c(CC(=O)O)c1C(F)F. The van der Waals surface area contributed by atoms with Crippen LogP contribution in [0.15, 0.2) is 10.7 Å². The lowest BCUT2D eigenvalue weighted by atomic mass is 10.1. The Morgan fingerprint density at radius 2 is 2.31 bits per heavy atom. The summed E-state index contributed by atoms with van der Waals surface area (Å²) in [5.41, 5.74) is -0.506. The Kier molecular flexibility index (Phi) is 4.17. The van der Waals surface area contributed by atoms with Crippen LogP contribution < -0.4 is 4.74 Å². The molecule has 0 unspecified atom stereocenters. The number of ether oxygens (including phenoxy) is 1. The molecule has 88 valence electrons. The molecule has 0 fully saturated rings. The number of aromatic nitrogens is 1. The zero-order valence-corrected chi connectivity index (χ0v) is 9.79. The fraction of sp³-hybridized carbons (Fsp3) is 0.333. The molecule has 0 bridgehead atoms. The molecule has 0 aromatic carbocycles. The van der Waals surface area contributed by atoms with Crippen LogP contribution in [0.3, 0.4) is 0 Å². The third-order valence-electron chi connectivity index (χ3n) is 1.88. The van der Waals surface area contributed by atoms with E-state index in [-0.39, 0.29) is 15.9 Å². The zero-order valence-electron chi connectivity index (χ0n) is 8.21. The van der Waals surface area contributed by atoms with Gasteiger partial charge < -0.3 is 9.84 Å². The number of halogens is 3. The van der Waals surface area contributed by atoms with Crippen LogP contribution in [0.5, 0.6) is 5.88 Å². The molecule has 0 amide bonds. The third-order valence-corrected chi connectivity index (χ3v) is 2.56. The van der Waals surface area contributed by atoms with Gasteiger partial charge in [0, 0.05) is 10.7 Å². The van der Waals surface area contributed by atoms with Gasteiger partial charge in [-0.05, 0) is 21.5 Å². The summed E-state index contributed by atoms with van der Waals surface area (Å²) in [7, 11) is 1.20. The molecule has 1 N–H and O–H groups in total. The molecule has 0 aliphatic heterocycles. The first kappa shape index (κ1) is 12.8. The number of nitrogens with zero attached hydrogens (tertiary/aromatic N) is 1. The highest BCUT2D eigenvalue weighted by atomic mass is 79.9. The number of aliphatic carboxylic acids is 1. The van der Waals surface area contributed by atoms with Crippen molar-refractivity contribution in [1.82, 2.24) is 4.98 Å². The number of carboxylic acid groups (broad SMARTS) is 1. The van der Waals surface area contributed by atoms with Gasteiger partial charge in [-0.1, -0.05) is 0 Å². The molecule has 1 heterocycles. The molecule has 1 aromatic rings. The van der Waals surface area contributed by atoms with Crippen LogP contribution in [0.25, 0.3) is 0 Å². The van der Waals surface area contributed by atoms with Crippen molar-refractivity contribution in [3.05, 3.63) is 21.8 Å². The molecule has 1 aromatic heterocycles. The molecule has 1 rings (SSSR count). The Morgan fingerprint density at radius 3 is 2.75 bits per heavy atom. The summed E-state index contributed by atoms with van der Waals surface area (Å²) < 4.78 is 30.5. The highest BCUT2D eigenvalue weighted by Gasteiger charge is 2.23. The van der Waals surface area contributed by atoms with Crippen LogP contribution in [-0.2, 0) is 11.2 Å². The van der Waals surface area contributed by atoms with Crippen LogP contribution in [0.1, 0.15) is 17.6 Å². The molecule has 0 atom stereocenters. The lowest BCUT2D eigenvalue weighted by molar-refractivity contribution is -0.136. The number of carbonyl (C=O) groups is 1. The molecule has 0 spiro atoms. The van der Waals surface area contributed by atoms with Gasteiger partial charge in [-0.25, -0.2) is 13.8 Å². The van der Waals surface area contributed by atoms with Crippen molar-refractivity contribution >= 4 is 21.9 Å². The van der Waals surface area contributed by atoms with E-state index in [1.807, 2.05) is 0 Å². The van der Waals surface area contributed by atoms with Gasteiger partial charge in [-0.2, -0.15) is 0 Å². The first-order valence-electron chi connectivity index (χ1n) is 4.18. The van der Waals surface area contributed by atoms with Crippen LogP contribution >= 0.6 is 15.9 Å². The fourth-order valence-corrected chi connectivity index (χ4v) is 1.70. The Labute approximate surface area is 98.4 Å². The predicted molar refractivity (Wildman–Crippen MR) is 54.8 cm³/mol. The maximum absolute atomic E-state index is 12.8. The van der Waals surface area contributed by atoms with Gasteiger partial charge in [-0.3, -0.25) is 4.79 Å². The maximum atomic E-state index is 12.8. The summed E-state index contributed by atoms with van der Waals surface area (Å²) in [5.74, 6) is -1.45. The maximum Gasteiger partial charge on any atom is 0.307 e. The molecular weight excluding hydrogens is 288 g/mol. The summed E-state index contributed by atoms with van der Waals surface area (Å²) in [4.78, 5) is 14.2. The number of pyridine rings is 1. The number of methoxy groups -OCH3 is 1. The number of alkyl halides is 2. The van der Waals surface area contributed by atoms with Crippen LogP contribution in [0, 0.1) is 0 Å². The van der Waals surface area contributed by atoms with Crippen molar-refractivity contribution in [3.8, 4) is 5.88 Å². The average Bonchev–Trinajstić information content (AvgIpc) is 2.19. The molecule has 7 heteroatoms. The summed E-state index contributed by atoms with van der Waals surface area (Å²) in [6, 6.07) is 0. The van der Waals surface area contributed by atoms with Crippen LogP contribution in [0.4, 0.5) is 8.78 Å². The van der Waals surface area contributed by atoms with Crippen LogP contribution in [0.2, 0.25) is 0 Å². The van der Waals surface area contributed by atoms with Crippen LogP contribution in [-0.4, -0.2) is 23.2 Å². The van der Waals surface area contributed by atoms with E-state index in [1.165, 1.54) is 13.3 Å².